The van der Waals surface area contributed by atoms with Gasteiger partial charge in [-0.3, -0.25) is 14.0 Å². The van der Waals surface area contributed by atoms with Crippen molar-refractivity contribution < 1.29 is 4.79 Å². The molecule has 0 radical (unpaired) electrons. The summed E-state index contributed by atoms with van der Waals surface area (Å²) in [6.45, 7) is 0.179. The Hall–Kier alpha value is -3.99. The Morgan fingerprint density at radius 3 is 2.88 bits per heavy atom. The summed E-state index contributed by atoms with van der Waals surface area (Å²) in [7, 11) is 0. The lowest BCUT2D eigenvalue weighted by atomic mass is 10.3. The number of carbonyl (C=O) groups excluding carboxylic acids is 1. The fraction of sp³-hybridized carbons (Fsp3) is 0.0556. The van der Waals surface area contributed by atoms with Gasteiger partial charge in [0.25, 0.3) is 11.5 Å². The molecule has 1 amide bonds. The van der Waals surface area contributed by atoms with Crippen LogP contribution in [0.1, 0.15) is 21.7 Å². The molecule has 0 aliphatic heterocycles. The van der Waals surface area contributed by atoms with Crippen LogP contribution in [0, 0.1) is 11.3 Å². The second kappa shape index (κ2) is 6.14. The zero-order valence-corrected chi connectivity index (χ0v) is 13.5. The van der Waals surface area contributed by atoms with Crippen LogP contribution in [0.3, 0.4) is 0 Å². The molecular weight excluding hydrogens is 332 g/mol. The molecule has 0 saturated carbocycles. The quantitative estimate of drug-likeness (QED) is 0.600. The fourth-order valence-electron chi connectivity index (χ4n) is 2.63. The highest BCUT2D eigenvalue weighted by Crippen LogP contribution is 2.07. The first-order valence-corrected chi connectivity index (χ1v) is 7.78. The van der Waals surface area contributed by atoms with Gasteiger partial charge < -0.3 is 9.72 Å². The van der Waals surface area contributed by atoms with E-state index in [-0.39, 0.29) is 17.8 Å². The molecule has 26 heavy (non-hydrogen) atoms. The average molecular weight is 344 g/mol. The molecule has 0 spiro atoms. The van der Waals surface area contributed by atoms with E-state index in [1.165, 1.54) is 10.5 Å². The topological polar surface area (TPSA) is 105 Å². The summed E-state index contributed by atoms with van der Waals surface area (Å²) >= 11 is 0. The van der Waals surface area contributed by atoms with Gasteiger partial charge in [-0.25, -0.2) is 9.97 Å². The highest BCUT2D eigenvalue weighted by Gasteiger charge is 2.11. The number of aromatic nitrogens is 4. The van der Waals surface area contributed by atoms with Gasteiger partial charge in [0.2, 0.25) is 0 Å². The maximum atomic E-state index is 12.3. The summed E-state index contributed by atoms with van der Waals surface area (Å²) in [5, 5.41) is 11.6. The molecule has 126 valence electrons. The number of rotatable bonds is 3. The highest BCUT2D eigenvalue weighted by atomic mass is 16.2. The van der Waals surface area contributed by atoms with Gasteiger partial charge in [0.1, 0.15) is 23.1 Å². The van der Waals surface area contributed by atoms with Crippen LogP contribution in [-0.2, 0) is 6.54 Å². The summed E-state index contributed by atoms with van der Waals surface area (Å²) in [5.41, 5.74) is 1.96. The first kappa shape index (κ1) is 15.5. The zero-order chi connectivity index (χ0) is 18.1. The third-order valence-electron chi connectivity index (χ3n) is 3.86. The normalized spacial score (nSPS) is 10.7. The Labute approximate surface area is 147 Å². The van der Waals surface area contributed by atoms with E-state index in [0.717, 1.165) is 0 Å². The maximum absolute atomic E-state index is 12.3. The van der Waals surface area contributed by atoms with Crippen molar-refractivity contribution in [2.75, 3.05) is 0 Å². The summed E-state index contributed by atoms with van der Waals surface area (Å²) in [5.74, 6) is -0.455. The number of imidazole rings is 1. The molecule has 0 aliphatic rings. The summed E-state index contributed by atoms with van der Waals surface area (Å²) in [4.78, 5) is 33.0. The van der Waals surface area contributed by atoms with Crippen molar-refractivity contribution in [2.45, 2.75) is 6.54 Å². The van der Waals surface area contributed by atoms with Crippen LogP contribution in [0.2, 0.25) is 0 Å². The number of pyridine rings is 2. The molecule has 1 N–H and O–H groups in total. The second-order valence-electron chi connectivity index (χ2n) is 5.62. The number of hydrogen-bond donors (Lipinski definition) is 1. The van der Waals surface area contributed by atoms with Gasteiger partial charge in [0.05, 0.1) is 17.8 Å². The first-order chi connectivity index (χ1) is 12.6. The number of nitrogens with one attached hydrogen (secondary N) is 1. The molecule has 8 nitrogen and oxygen atoms in total. The van der Waals surface area contributed by atoms with Crippen molar-refractivity contribution in [1.29, 1.82) is 5.26 Å². The van der Waals surface area contributed by atoms with Crippen molar-refractivity contribution in [3.8, 4) is 6.07 Å². The molecule has 0 aromatic carbocycles. The molecule has 0 aliphatic carbocycles. The van der Waals surface area contributed by atoms with Crippen molar-refractivity contribution in [1.82, 2.24) is 24.1 Å². The predicted molar refractivity (Wildman–Crippen MR) is 92.5 cm³/mol. The molecule has 0 unspecified atom stereocenters. The lowest BCUT2D eigenvalue weighted by Gasteiger charge is -2.04. The number of amides is 1. The van der Waals surface area contributed by atoms with Gasteiger partial charge in [-0.2, -0.15) is 5.26 Å². The van der Waals surface area contributed by atoms with E-state index in [4.69, 9.17) is 5.26 Å². The van der Waals surface area contributed by atoms with Gasteiger partial charge >= 0.3 is 0 Å². The van der Waals surface area contributed by atoms with E-state index >= 15 is 0 Å². The van der Waals surface area contributed by atoms with Gasteiger partial charge in [-0.1, -0.05) is 6.07 Å². The predicted octanol–water partition coefficient (Wildman–Crippen LogP) is 1.14. The van der Waals surface area contributed by atoms with Gasteiger partial charge in [-0.05, 0) is 24.3 Å². The Morgan fingerprint density at radius 1 is 1.15 bits per heavy atom. The number of nitriles is 1. The number of nitrogens with zero attached hydrogens (tertiary/aromatic N) is 5. The number of hydrogen-bond acceptors (Lipinski definition) is 5. The second-order valence-corrected chi connectivity index (χ2v) is 5.62. The van der Waals surface area contributed by atoms with Crippen molar-refractivity contribution in [2.24, 2.45) is 0 Å². The molecule has 8 heteroatoms. The molecule has 0 bridgehead atoms. The molecule has 0 atom stereocenters. The van der Waals surface area contributed by atoms with E-state index in [2.05, 4.69) is 21.4 Å². The molecule has 4 heterocycles. The van der Waals surface area contributed by atoms with E-state index < -0.39 is 5.91 Å². The summed E-state index contributed by atoms with van der Waals surface area (Å²) in [6.07, 6.45) is 5.00. The molecule has 0 saturated heterocycles. The molecule has 0 fully saturated rings. The lowest BCUT2D eigenvalue weighted by molar-refractivity contribution is 0.0945. The van der Waals surface area contributed by atoms with Crippen molar-refractivity contribution >= 4 is 17.2 Å². The van der Waals surface area contributed by atoms with Gasteiger partial charge in [-0.15, -0.1) is 0 Å². The minimum absolute atomic E-state index is 0.0525. The van der Waals surface area contributed by atoms with E-state index in [1.807, 2.05) is 0 Å². The van der Waals surface area contributed by atoms with Crippen LogP contribution in [0.25, 0.3) is 11.3 Å². The Balaban J connectivity index is 1.55. The first-order valence-electron chi connectivity index (χ1n) is 7.78. The maximum Gasteiger partial charge on any atom is 0.270 e. The zero-order valence-electron chi connectivity index (χ0n) is 13.5. The Morgan fingerprint density at radius 2 is 2.04 bits per heavy atom. The van der Waals surface area contributed by atoms with Crippen molar-refractivity contribution in [3.63, 3.8) is 0 Å². The van der Waals surface area contributed by atoms with Gasteiger partial charge in [0.15, 0.2) is 0 Å². The van der Waals surface area contributed by atoms with Crippen LogP contribution < -0.4 is 10.9 Å². The number of carbonyl (C=O) groups is 1. The third kappa shape index (κ3) is 2.78. The van der Waals surface area contributed by atoms with Crippen LogP contribution >= 0.6 is 0 Å². The van der Waals surface area contributed by atoms with Crippen molar-refractivity contribution in [3.05, 3.63) is 82.3 Å². The lowest BCUT2D eigenvalue weighted by Crippen LogP contribution is -2.27. The van der Waals surface area contributed by atoms with Crippen LogP contribution in [-0.4, -0.2) is 24.7 Å². The fourth-order valence-corrected chi connectivity index (χ4v) is 2.63. The van der Waals surface area contributed by atoms with Gasteiger partial charge in [0, 0.05) is 24.7 Å². The largest absolute Gasteiger partial charge is 0.345 e. The minimum Gasteiger partial charge on any atom is -0.345 e. The Bertz CT molecular complexity index is 1250. The molecule has 4 aromatic rings. The minimum atomic E-state index is -0.455. The highest BCUT2D eigenvalue weighted by molar-refractivity contribution is 5.92. The molecule has 4 rings (SSSR count). The monoisotopic (exact) mass is 344 g/mol. The molecule has 4 aromatic heterocycles. The van der Waals surface area contributed by atoms with E-state index in [0.29, 0.717) is 22.6 Å². The SMILES string of the molecule is N#Cc1ccc2nc(CNC(=O)c3cc(=O)n4ccccc4n3)cn2c1. The third-order valence-corrected chi connectivity index (χ3v) is 3.86. The standard InChI is InChI=1S/C18H12N6O2/c19-8-12-4-5-15-21-13(11-23(15)10-12)9-20-18(26)14-7-17(25)24-6-2-1-3-16(24)22-14/h1-7,10-11H,9H2,(H,20,26). The van der Waals surface area contributed by atoms with E-state index in [9.17, 15) is 9.59 Å². The summed E-state index contributed by atoms with van der Waals surface area (Å²) < 4.78 is 3.09. The number of fused-ring (bicyclic) bond motifs is 2. The van der Waals surface area contributed by atoms with Crippen LogP contribution in [0.4, 0.5) is 0 Å². The van der Waals surface area contributed by atoms with Crippen LogP contribution in [0.15, 0.2) is 59.8 Å². The Kier molecular flexibility index (Phi) is 3.67. The van der Waals surface area contributed by atoms with E-state index in [1.54, 1.807) is 53.3 Å². The molecular formula is C18H12N6O2. The average Bonchev–Trinajstić information content (AvgIpc) is 3.08. The van der Waals surface area contributed by atoms with Crippen LogP contribution in [0.5, 0.6) is 0 Å². The summed E-state index contributed by atoms with van der Waals surface area (Å²) in [6, 6.07) is 11.8. The smallest absolute Gasteiger partial charge is 0.270 e.